The average molecular weight is 345 g/mol. The molecule has 0 saturated carbocycles. The molecular weight excluding hydrogens is 322 g/mol. The summed E-state index contributed by atoms with van der Waals surface area (Å²) in [5.41, 5.74) is 3.32. The minimum Gasteiger partial charge on any atom is -0.484 e. The molecule has 0 aliphatic heterocycles. The Bertz CT molecular complexity index is 790. The highest BCUT2D eigenvalue weighted by molar-refractivity contribution is 5.77. The largest absolute Gasteiger partial charge is 0.484 e. The SMILES string of the molecule is Cc1cccc(OCC(=O)N(Cc2ccccc2)Cc2ccccc2)c1. The predicted molar refractivity (Wildman–Crippen MR) is 104 cm³/mol. The van der Waals surface area contributed by atoms with E-state index in [2.05, 4.69) is 0 Å². The van der Waals surface area contributed by atoms with E-state index in [1.165, 1.54) is 0 Å². The van der Waals surface area contributed by atoms with E-state index in [0.29, 0.717) is 13.1 Å². The van der Waals surface area contributed by atoms with Crippen molar-refractivity contribution < 1.29 is 9.53 Å². The number of hydrogen-bond acceptors (Lipinski definition) is 2. The van der Waals surface area contributed by atoms with Crippen LogP contribution < -0.4 is 4.74 Å². The summed E-state index contributed by atoms with van der Waals surface area (Å²) in [7, 11) is 0. The first-order valence-corrected chi connectivity index (χ1v) is 8.76. The van der Waals surface area contributed by atoms with Crippen LogP contribution in [0, 0.1) is 6.92 Å². The summed E-state index contributed by atoms with van der Waals surface area (Å²) in [6.07, 6.45) is 0. The third-order valence-corrected chi connectivity index (χ3v) is 4.14. The zero-order valence-electron chi connectivity index (χ0n) is 15.0. The van der Waals surface area contributed by atoms with Crippen molar-refractivity contribution in [3.8, 4) is 5.75 Å². The summed E-state index contributed by atoms with van der Waals surface area (Å²) in [5, 5.41) is 0. The third kappa shape index (κ3) is 5.21. The van der Waals surface area contributed by atoms with Gasteiger partial charge in [0.2, 0.25) is 0 Å². The van der Waals surface area contributed by atoms with Crippen molar-refractivity contribution in [3.05, 3.63) is 102 Å². The predicted octanol–water partition coefficient (Wildman–Crippen LogP) is 4.60. The fourth-order valence-electron chi connectivity index (χ4n) is 2.78. The van der Waals surface area contributed by atoms with Crippen LogP contribution >= 0.6 is 0 Å². The highest BCUT2D eigenvalue weighted by atomic mass is 16.5. The van der Waals surface area contributed by atoms with Crippen molar-refractivity contribution in [2.24, 2.45) is 0 Å². The highest BCUT2D eigenvalue weighted by Gasteiger charge is 2.15. The maximum Gasteiger partial charge on any atom is 0.261 e. The molecule has 0 aliphatic carbocycles. The smallest absolute Gasteiger partial charge is 0.261 e. The van der Waals surface area contributed by atoms with Gasteiger partial charge in [-0.15, -0.1) is 0 Å². The number of ether oxygens (including phenoxy) is 1. The second-order valence-electron chi connectivity index (χ2n) is 6.33. The van der Waals surface area contributed by atoms with Gasteiger partial charge in [-0.25, -0.2) is 0 Å². The first kappa shape index (κ1) is 17.7. The molecule has 0 aliphatic rings. The Morgan fingerprint density at radius 2 is 1.38 bits per heavy atom. The molecule has 0 aromatic heterocycles. The maximum atomic E-state index is 12.8. The van der Waals surface area contributed by atoms with Crippen LogP contribution in [0.5, 0.6) is 5.75 Å². The molecule has 3 aromatic rings. The van der Waals surface area contributed by atoms with Gasteiger partial charge in [0.25, 0.3) is 5.91 Å². The Balaban J connectivity index is 1.70. The molecule has 0 bridgehead atoms. The van der Waals surface area contributed by atoms with Gasteiger partial charge in [0.1, 0.15) is 5.75 Å². The zero-order valence-corrected chi connectivity index (χ0v) is 15.0. The summed E-state index contributed by atoms with van der Waals surface area (Å²) in [6.45, 7) is 3.16. The topological polar surface area (TPSA) is 29.5 Å². The van der Waals surface area contributed by atoms with Crippen LogP contribution in [0.25, 0.3) is 0 Å². The summed E-state index contributed by atoms with van der Waals surface area (Å²) in [5.74, 6) is 0.692. The van der Waals surface area contributed by atoms with Crippen LogP contribution in [0.1, 0.15) is 16.7 Å². The number of hydrogen-bond donors (Lipinski definition) is 0. The zero-order chi connectivity index (χ0) is 18.2. The number of amides is 1. The Morgan fingerprint density at radius 3 is 1.92 bits per heavy atom. The molecular formula is C23H23NO2. The number of nitrogens with zero attached hydrogens (tertiary/aromatic N) is 1. The number of carbonyl (C=O) groups is 1. The van der Waals surface area contributed by atoms with Gasteiger partial charge in [-0.3, -0.25) is 4.79 Å². The molecule has 0 N–H and O–H groups in total. The van der Waals surface area contributed by atoms with Crippen LogP contribution in [-0.4, -0.2) is 17.4 Å². The lowest BCUT2D eigenvalue weighted by Crippen LogP contribution is -2.34. The van der Waals surface area contributed by atoms with E-state index in [0.717, 1.165) is 22.4 Å². The monoisotopic (exact) mass is 345 g/mol. The van der Waals surface area contributed by atoms with Crippen LogP contribution in [0.2, 0.25) is 0 Å². The second kappa shape index (κ2) is 8.86. The molecule has 0 unspecified atom stereocenters. The third-order valence-electron chi connectivity index (χ3n) is 4.14. The molecule has 0 spiro atoms. The number of rotatable bonds is 7. The van der Waals surface area contributed by atoms with E-state index in [1.807, 2.05) is 96.8 Å². The minimum atomic E-state index is -0.0285. The summed E-state index contributed by atoms with van der Waals surface area (Å²) in [4.78, 5) is 14.6. The normalized spacial score (nSPS) is 10.3. The quantitative estimate of drug-likeness (QED) is 0.626. The molecule has 0 saturated heterocycles. The lowest BCUT2D eigenvalue weighted by molar-refractivity contribution is -0.134. The fourth-order valence-corrected chi connectivity index (χ4v) is 2.78. The van der Waals surface area contributed by atoms with Crippen LogP contribution in [0.4, 0.5) is 0 Å². The van der Waals surface area contributed by atoms with Crippen molar-refractivity contribution in [1.29, 1.82) is 0 Å². The van der Waals surface area contributed by atoms with Crippen molar-refractivity contribution in [3.63, 3.8) is 0 Å². The van der Waals surface area contributed by atoms with E-state index in [4.69, 9.17) is 4.74 Å². The van der Waals surface area contributed by atoms with E-state index in [-0.39, 0.29) is 12.5 Å². The molecule has 0 fully saturated rings. The summed E-state index contributed by atoms with van der Waals surface area (Å²) < 4.78 is 5.71. The molecule has 3 aromatic carbocycles. The van der Waals surface area contributed by atoms with Crippen molar-refractivity contribution in [2.45, 2.75) is 20.0 Å². The Kier molecular flexibility index (Phi) is 6.05. The number of benzene rings is 3. The van der Waals surface area contributed by atoms with Gasteiger partial charge in [0.15, 0.2) is 6.61 Å². The summed E-state index contributed by atoms with van der Waals surface area (Å²) >= 11 is 0. The van der Waals surface area contributed by atoms with E-state index in [9.17, 15) is 4.79 Å². The van der Waals surface area contributed by atoms with Gasteiger partial charge in [0.05, 0.1) is 0 Å². The molecule has 3 rings (SSSR count). The van der Waals surface area contributed by atoms with Gasteiger partial charge in [-0.1, -0.05) is 72.8 Å². The van der Waals surface area contributed by atoms with E-state index in [1.54, 1.807) is 0 Å². The Morgan fingerprint density at radius 1 is 0.808 bits per heavy atom. The fraction of sp³-hybridized carbons (Fsp3) is 0.174. The molecule has 132 valence electrons. The van der Waals surface area contributed by atoms with Gasteiger partial charge >= 0.3 is 0 Å². The lowest BCUT2D eigenvalue weighted by Gasteiger charge is -2.23. The standard InChI is InChI=1S/C23H23NO2/c1-19-9-8-14-22(15-19)26-18-23(25)24(16-20-10-4-2-5-11-20)17-21-12-6-3-7-13-21/h2-15H,16-18H2,1H3. The van der Waals surface area contributed by atoms with Crippen LogP contribution in [0.15, 0.2) is 84.9 Å². The van der Waals surface area contributed by atoms with Crippen LogP contribution in [-0.2, 0) is 17.9 Å². The molecule has 0 heterocycles. The summed E-state index contributed by atoms with van der Waals surface area (Å²) in [6, 6.07) is 27.8. The van der Waals surface area contributed by atoms with Gasteiger partial charge in [-0.2, -0.15) is 0 Å². The molecule has 0 radical (unpaired) electrons. The highest BCUT2D eigenvalue weighted by Crippen LogP contribution is 2.14. The first-order valence-electron chi connectivity index (χ1n) is 8.76. The van der Waals surface area contributed by atoms with Crippen molar-refractivity contribution >= 4 is 5.91 Å². The van der Waals surface area contributed by atoms with E-state index < -0.39 is 0 Å². The lowest BCUT2D eigenvalue weighted by atomic mass is 10.1. The molecule has 3 heteroatoms. The van der Waals surface area contributed by atoms with E-state index >= 15 is 0 Å². The molecule has 1 amide bonds. The van der Waals surface area contributed by atoms with Crippen LogP contribution in [0.3, 0.4) is 0 Å². The average Bonchev–Trinajstić information content (AvgIpc) is 2.67. The minimum absolute atomic E-state index is 0.0285. The first-order chi connectivity index (χ1) is 12.7. The van der Waals surface area contributed by atoms with Crippen molar-refractivity contribution in [1.82, 2.24) is 4.90 Å². The molecule has 3 nitrogen and oxygen atoms in total. The molecule has 26 heavy (non-hydrogen) atoms. The van der Waals surface area contributed by atoms with Gasteiger partial charge in [0, 0.05) is 13.1 Å². The van der Waals surface area contributed by atoms with Crippen molar-refractivity contribution in [2.75, 3.05) is 6.61 Å². The Hall–Kier alpha value is -3.07. The molecule has 0 atom stereocenters. The van der Waals surface area contributed by atoms with Gasteiger partial charge < -0.3 is 9.64 Å². The maximum absolute atomic E-state index is 12.8. The number of aryl methyl sites for hydroxylation is 1. The second-order valence-corrected chi connectivity index (χ2v) is 6.33. The van der Waals surface area contributed by atoms with Gasteiger partial charge in [-0.05, 0) is 35.7 Å². The number of carbonyl (C=O) groups excluding carboxylic acids is 1. The Labute approximate surface area is 154 Å².